The smallest absolute Gasteiger partial charge is 0.326 e. The molecule has 0 saturated carbocycles. The van der Waals surface area contributed by atoms with Gasteiger partial charge in [0.2, 0.25) is 17.7 Å². The second kappa shape index (κ2) is 14.4. The maximum Gasteiger partial charge on any atom is 0.326 e. The molecule has 0 bridgehead atoms. The molecule has 0 fully saturated rings. The van der Waals surface area contributed by atoms with E-state index in [1.165, 1.54) is 6.92 Å². The number of nitrogens with two attached hydrogens (primary N) is 1. The minimum absolute atomic E-state index is 0.131. The number of rotatable bonds is 14. The maximum absolute atomic E-state index is 13.2. The number of carbonyl (C=O) groups excluding carboxylic acids is 3. The predicted molar refractivity (Wildman–Crippen MR) is 132 cm³/mol. The van der Waals surface area contributed by atoms with E-state index in [1.54, 1.807) is 38.1 Å². The molecule has 0 saturated heterocycles. The molecular weight excluding hydrogens is 452 g/mol. The van der Waals surface area contributed by atoms with Gasteiger partial charge in [0.15, 0.2) is 0 Å². The fourth-order valence-electron chi connectivity index (χ4n) is 3.54. The Morgan fingerprint density at radius 1 is 0.886 bits per heavy atom. The highest BCUT2D eigenvalue weighted by molar-refractivity contribution is 5.94. The highest BCUT2D eigenvalue weighted by Gasteiger charge is 2.34. The molecule has 1 rings (SSSR count). The lowest BCUT2D eigenvalue weighted by Crippen LogP contribution is -2.60. The Labute approximate surface area is 207 Å². The van der Waals surface area contributed by atoms with Gasteiger partial charge in [-0.15, -0.1) is 0 Å². The number of aliphatic carboxylic acids is 1. The molecule has 7 N–H and O–H groups in total. The van der Waals surface area contributed by atoms with Crippen molar-refractivity contribution in [3.8, 4) is 0 Å². The zero-order valence-electron chi connectivity index (χ0n) is 21.2. The summed E-state index contributed by atoms with van der Waals surface area (Å²) in [6.07, 6.45) is -0.256. The quantitative estimate of drug-likeness (QED) is 0.220. The van der Waals surface area contributed by atoms with E-state index in [1.807, 2.05) is 19.9 Å². The van der Waals surface area contributed by atoms with Gasteiger partial charge in [-0.3, -0.25) is 14.4 Å². The molecule has 0 aliphatic carbocycles. The van der Waals surface area contributed by atoms with Crippen molar-refractivity contribution in [2.24, 2.45) is 17.6 Å². The van der Waals surface area contributed by atoms with Crippen LogP contribution in [0, 0.1) is 11.8 Å². The van der Waals surface area contributed by atoms with Crippen LogP contribution in [0.3, 0.4) is 0 Å². The van der Waals surface area contributed by atoms with Gasteiger partial charge in [0.25, 0.3) is 0 Å². The number of nitrogens with one attached hydrogen (secondary N) is 3. The third kappa shape index (κ3) is 10.0. The molecule has 0 aliphatic heterocycles. The van der Waals surface area contributed by atoms with Crippen molar-refractivity contribution in [1.82, 2.24) is 16.0 Å². The van der Waals surface area contributed by atoms with Crippen molar-refractivity contribution in [3.05, 3.63) is 35.9 Å². The van der Waals surface area contributed by atoms with Crippen LogP contribution >= 0.6 is 0 Å². The molecule has 10 nitrogen and oxygen atoms in total. The van der Waals surface area contributed by atoms with Gasteiger partial charge in [-0.2, -0.15) is 0 Å². The average Bonchev–Trinajstić information content (AvgIpc) is 2.79. The number of carboxylic acids is 1. The molecular formula is C25H40N4O6. The fraction of sp³-hybridized carbons (Fsp3) is 0.600. The van der Waals surface area contributed by atoms with E-state index in [2.05, 4.69) is 16.0 Å². The Balaban J connectivity index is 3.08. The highest BCUT2D eigenvalue weighted by atomic mass is 16.4. The summed E-state index contributed by atoms with van der Waals surface area (Å²) in [5.41, 5.74) is 6.75. The third-order valence-corrected chi connectivity index (χ3v) is 5.82. The van der Waals surface area contributed by atoms with E-state index in [4.69, 9.17) is 5.73 Å². The first-order valence-corrected chi connectivity index (χ1v) is 12.0. The molecule has 0 heterocycles. The predicted octanol–water partition coefficient (Wildman–Crippen LogP) is 0.568. The van der Waals surface area contributed by atoms with E-state index in [9.17, 15) is 29.4 Å². The summed E-state index contributed by atoms with van der Waals surface area (Å²) in [6, 6.07) is 4.51. The van der Waals surface area contributed by atoms with E-state index in [0.717, 1.165) is 5.56 Å². The second-order valence-electron chi connectivity index (χ2n) is 9.42. The number of carboxylic acid groups (broad SMARTS) is 1. The van der Waals surface area contributed by atoms with Crippen molar-refractivity contribution in [2.75, 3.05) is 0 Å². The molecule has 0 radical (unpaired) electrons. The van der Waals surface area contributed by atoms with Gasteiger partial charge in [0.1, 0.15) is 18.1 Å². The molecule has 10 heteroatoms. The normalized spacial score (nSPS) is 16.3. The van der Waals surface area contributed by atoms with Gasteiger partial charge in [0, 0.05) is 6.42 Å². The number of hydrogen-bond acceptors (Lipinski definition) is 6. The van der Waals surface area contributed by atoms with Gasteiger partial charge in [-0.1, -0.05) is 64.4 Å². The molecule has 1 aromatic carbocycles. The van der Waals surface area contributed by atoms with Crippen LogP contribution in [0.1, 0.15) is 53.0 Å². The van der Waals surface area contributed by atoms with E-state index < -0.39 is 54.0 Å². The van der Waals surface area contributed by atoms with Crippen LogP contribution in [0.15, 0.2) is 30.3 Å². The number of aliphatic hydroxyl groups excluding tert-OH is 1. The van der Waals surface area contributed by atoms with E-state index in [-0.39, 0.29) is 18.3 Å². The Kier molecular flexibility index (Phi) is 12.4. The van der Waals surface area contributed by atoms with Crippen LogP contribution < -0.4 is 21.7 Å². The summed E-state index contributed by atoms with van der Waals surface area (Å²) in [7, 11) is 0. The summed E-state index contributed by atoms with van der Waals surface area (Å²) in [5.74, 6) is -3.44. The number of hydrogen-bond donors (Lipinski definition) is 6. The van der Waals surface area contributed by atoms with Crippen LogP contribution in [0.4, 0.5) is 0 Å². The van der Waals surface area contributed by atoms with Gasteiger partial charge >= 0.3 is 5.97 Å². The average molecular weight is 493 g/mol. The Morgan fingerprint density at radius 2 is 1.46 bits per heavy atom. The monoisotopic (exact) mass is 492 g/mol. The largest absolute Gasteiger partial charge is 0.480 e. The highest BCUT2D eigenvalue weighted by Crippen LogP contribution is 2.10. The molecule has 1 aromatic rings. The number of benzene rings is 1. The number of amides is 3. The van der Waals surface area contributed by atoms with Gasteiger partial charge in [-0.25, -0.2) is 4.79 Å². The van der Waals surface area contributed by atoms with Crippen molar-refractivity contribution in [1.29, 1.82) is 0 Å². The van der Waals surface area contributed by atoms with Crippen LogP contribution in [-0.4, -0.2) is 64.2 Å². The summed E-state index contributed by atoms with van der Waals surface area (Å²) < 4.78 is 0. The molecule has 0 spiro atoms. The Morgan fingerprint density at radius 3 is 1.94 bits per heavy atom. The lowest BCUT2D eigenvalue weighted by molar-refractivity contribution is -0.144. The van der Waals surface area contributed by atoms with E-state index in [0.29, 0.717) is 12.8 Å². The summed E-state index contributed by atoms with van der Waals surface area (Å²) >= 11 is 0. The minimum atomic E-state index is -1.42. The van der Waals surface area contributed by atoms with Gasteiger partial charge < -0.3 is 31.9 Å². The third-order valence-electron chi connectivity index (χ3n) is 5.82. The molecule has 3 amide bonds. The molecule has 0 aromatic heterocycles. The van der Waals surface area contributed by atoms with Crippen LogP contribution in [0.2, 0.25) is 0 Å². The van der Waals surface area contributed by atoms with Crippen molar-refractivity contribution in [2.45, 2.75) is 84.2 Å². The molecule has 6 unspecified atom stereocenters. The van der Waals surface area contributed by atoms with Gasteiger partial charge in [0.05, 0.1) is 12.1 Å². The van der Waals surface area contributed by atoms with Crippen LogP contribution in [0.25, 0.3) is 0 Å². The van der Waals surface area contributed by atoms with E-state index >= 15 is 0 Å². The first-order chi connectivity index (χ1) is 16.4. The van der Waals surface area contributed by atoms with Crippen LogP contribution in [-0.2, 0) is 25.6 Å². The number of aliphatic hydroxyl groups is 1. The summed E-state index contributed by atoms with van der Waals surface area (Å²) in [5, 5.41) is 27.2. The van der Waals surface area contributed by atoms with Crippen molar-refractivity contribution in [3.63, 3.8) is 0 Å². The molecule has 0 aliphatic rings. The molecule has 196 valence electrons. The minimum Gasteiger partial charge on any atom is -0.480 e. The second-order valence-corrected chi connectivity index (χ2v) is 9.42. The maximum atomic E-state index is 13.2. The zero-order chi connectivity index (χ0) is 26.7. The molecule has 6 atom stereocenters. The lowest BCUT2D eigenvalue weighted by Gasteiger charge is -2.28. The molecule has 35 heavy (non-hydrogen) atoms. The summed E-state index contributed by atoms with van der Waals surface area (Å²) in [4.78, 5) is 50.3. The van der Waals surface area contributed by atoms with Crippen molar-refractivity contribution < 1.29 is 29.4 Å². The van der Waals surface area contributed by atoms with Crippen LogP contribution in [0.5, 0.6) is 0 Å². The number of carbonyl (C=O) groups is 4. The Bertz CT molecular complexity index is 846. The first-order valence-electron chi connectivity index (χ1n) is 12.0. The zero-order valence-corrected chi connectivity index (χ0v) is 21.2. The standard InChI is InChI=1S/C25H40N4O6/c1-6-15(4)20(25(34)35)28-24(33)21(16(5)30)29-23(32)19(13-17-10-8-7-9-11-17)27-22(31)18(26)12-14(2)3/h7-11,14-16,18-21,30H,6,12-13,26H2,1-5H3,(H,27,31)(H,28,33)(H,29,32)(H,34,35). The topological polar surface area (TPSA) is 171 Å². The lowest BCUT2D eigenvalue weighted by atomic mass is 9.98. The Hall–Kier alpha value is -2.98. The SMILES string of the molecule is CCC(C)C(NC(=O)C(NC(=O)C(Cc1ccccc1)NC(=O)C(N)CC(C)C)C(C)O)C(=O)O. The van der Waals surface area contributed by atoms with Crippen molar-refractivity contribution >= 4 is 23.7 Å². The fourth-order valence-corrected chi connectivity index (χ4v) is 3.54. The first kappa shape index (κ1) is 30.1. The summed E-state index contributed by atoms with van der Waals surface area (Å²) in [6.45, 7) is 8.64. The van der Waals surface area contributed by atoms with Gasteiger partial charge in [-0.05, 0) is 30.7 Å².